The number of rotatable bonds is 3. The number of carbonyl (C=O) groups excluding carboxylic acids is 1. The van der Waals surface area contributed by atoms with E-state index in [4.69, 9.17) is 10.5 Å². The first-order valence-electron chi connectivity index (χ1n) is 6.42. The van der Waals surface area contributed by atoms with Gasteiger partial charge in [0.1, 0.15) is 0 Å². The van der Waals surface area contributed by atoms with Gasteiger partial charge in [0.25, 0.3) is 5.91 Å². The Labute approximate surface area is 108 Å². The zero-order valence-electron chi connectivity index (χ0n) is 11.0. The highest BCUT2D eigenvalue weighted by Crippen LogP contribution is 2.30. The molecule has 0 bridgehead atoms. The summed E-state index contributed by atoms with van der Waals surface area (Å²) in [4.78, 5) is 14.5. The molecule has 0 aliphatic carbocycles. The second-order valence-corrected chi connectivity index (χ2v) is 4.63. The standard InChI is InChI=1S/C14H20N2O2/c1-3-10-6-5-9-16(10)14(17)11-7-4-8-12(15)13(11)18-2/h4,7-8,10H,3,5-6,9,15H2,1-2H3. The van der Waals surface area contributed by atoms with Crippen molar-refractivity contribution in [3.63, 3.8) is 0 Å². The van der Waals surface area contributed by atoms with Crippen molar-refractivity contribution in [2.45, 2.75) is 32.2 Å². The van der Waals surface area contributed by atoms with Crippen LogP contribution in [0.3, 0.4) is 0 Å². The van der Waals surface area contributed by atoms with Gasteiger partial charge in [-0.3, -0.25) is 4.79 Å². The number of nitrogens with two attached hydrogens (primary N) is 1. The minimum atomic E-state index is 0.0310. The molecule has 1 atom stereocenters. The van der Waals surface area contributed by atoms with Crippen molar-refractivity contribution in [3.05, 3.63) is 23.8 Å². The van der Waals surface area contributed by atoms with Gasteiger partial charge in [-0.15, -0.1) is 0 Å². The second-order valence-electron chi connectivity index (χ2n) is 4.63. The molecule has 1 unspecified atom stereocenters. The van der Waals surface area contributed by atoms with E-state index < -0.39 is 0 Å². The largest absolute Gasteiger partial charge is 0.494 e. The number of hydrogen-bond donors (Lipinski definition) is 1. The van der Waals surface area contributed by atoms with Gasteiger partial charge < -0.3 is 15.4 Å². The normalized spacial score (nSPS) is 19.0. The summed E-state index contributed by atoms with van der Waals surface area (Å²) in [5.41, 5.74) is 6.92. The molecule has 1 aromatic carbocycles. The monoisotopic (exact) mass is 248 g/mol. The van der Waals surface area contributed by atoms with Gasteiger partial charge in [-0.05, 0) is 31.4 Å². The smallest absolute Gasteiger partial charge is 0.257 e. The quantitative estimate of drug-likeness (QED) is 0.835. The number of nitrogen functional groups attached to an aromatic ring is 1. The van der Waals surface area contributed by atoms with Gasteiger partial charge in [0.15, 0.2) is 5.75 Å². The number of amides is 1. The van der Waals surface area contributed by atoms with E-state index in [-0.39, 0.29) is 5.91 Å². The Hall–Kier alpha value is -1.71. The Kier molecular flexibility index (Phi) is 3.75. The summed E-state index contributed by atoms with van der Waals surface area (Å²) in [5.74, 6) is 0.521. The maximum atomic E-state index is 12.5. The maximum absolute atomic E-state index is 12.5. The van der Waals surface area contributed by atoms with Crippen molar-refractivity contribution in [1.29, 1.82) is 0 Å². The number of ether oxygens (including phenoxy) is 1. The molecule has 2 rings (SSSR count). The SMILES string of the molecule is CCC1CCCN1C(=O)c1cccc(N)c1OC. The van der Waals surface area contributed by atoms with Crippen molar-refractivity contribution in [1.82, 2.24) is 4.90 Å². The average Bonchev–Trinajstić information content (AvgIpc) is 2.85. The molecule has 1 saturated heterocycles. The molecule has 1 aromatic rings. The Morgan fingerprint density at radius 2 is 2.33 bits per heavy atom. The van der Waals surface area contributed by atoms with Crippen LogP contribution in [0.2, 0.25) is 0 Å². The first-order chi connectivity index (χ1) is 8.69. The Bertz CT molecular complexity index is 445. The van der Waals surface area contributed by atoms with Gasteiger partial charge in [0, 0.05) is 12.6 Å². The predicted molar refractivity (Wildman–Crippen MR) is 71.8 cm³/mol. The topological polar surface area (TPSA) is 55.6 Å². The van der Waals surface area contributed by atoms with Crippen LogP contribution in [0.15, 0.2) is 18.2 Å². The van der Waals surface area contributed by atoms with E-state index in [1.807, 2.05) is 4.90 Å². The molecule has 4 heteroatoms. The fourth-order valence-electron chi connectivity index (χ4n) is 2.63. The molecular weight excluding hydrogens is 228 g/mol. The summed E-state index contributed by atoms with van der Waals surface area (Å²) >= 11 is 0. The molecule has 4 nitrogen and oxygen atoms in total. The van der Waals surface area contributed by atoms with Crippen LogP contribution in [-0.2, 0) is 0 Å². The zero-order valence-corrected chi connectivity index (χ0v) is 11.0. The third kappa shape index (κ3) is 2.15. The molecule has 2 N–H and O–H groups in total. The van der Waals surface area contributed by atoms with E-state index in [2.05, 4.69) is 6.92 Å². The maximum Gasteiger partial charge on any atom is 0.257 e. The summed E-state index contributed by atoms with van der Waals surface area (Å²) in [6.45, 7) is 2.95. The van der Waals surface area contributed by atoms with Crippen molar-refractivity contribution in [3.8, 4) is 5.75 Å². The van der Waals surface area contributed by atoms with Gasteiger partial charge in [-0.1, -0.05) is 13.0 Å². The van der Waals surface area contributed by atoms with Gasteiger partial charge in [-0.2, -0.15) is 0 Å². The molecule has 98 valence electrons. The Morgan fingerprint density at radius 1 is 1.56 bits per heavy atom. The van der Waals surface area contributed by atoms with Gasteiger partial charge in [0.2, 0.25) is 0 Å². The van der Waals surface area contributed by atoms with Crippen molar-refractivity contribution in [2.75, 3.05) is 19.4 Å². The number of anilines is 1. The number of benzene rings is 1. The molecular formula is C14H20N2O2. The zero-order chi connectivity index (χ0) is 13.1. The molecule has 1 fully saturated rings. The van der Waals surface area contributed by atoms with Crippen LogP contribution in [0.4, 0.5) is 5.69 Å². The Balaban J connectivity index is 2.31. The summed E-state index contributed by atoms with van der Waals surface area (Å²) in [5, 5.41) is 0. The predicted octanol–water partition coefficient (Wildman–Crippen LogP) is 2.29. The highest BCUT2D eigenvalue weighted by Gasteiger charge is 2.29. The van der Waals surface area contributed by atoms with E-state index in [0.29, 0.717) is 23.0 Å². The number of hydrogen-bond acceptors (Lipinski definition) is 3. The third-order valence-electron chi connectivity index (χ3n) is 3.59. The van der Waals surface area contributed by atoms with Gasteiger partial charge in [0.05, 0.1) is 18.4 Å². The molecule has 0 aromatic heterocycles. The molecule has 1 amide bonds. The third-order valence-corrected chi connectivity index (χ3v) is 3.59. The highest BCUT2D eigenvalue weighted by atomic mass is 16.5. The molecule has 0 spiro atoms. The number of para-hydroxylation sites is 1. The average molecular weight is 248 g/mol. The van der Waals surface area contributed by atoms with Crippen LogP contribution in [0.5, 0.6) is 5.75 Å². The first kappa shape index (κ1) is 12.7. The highest BCUT2D eigenvalue weighted by molar-refractivity contribution is 5.99. The van der Waals surface area contributed by atoms with Crippen molar-refractivity contribution in [2.24, 2.45) is 0 Å². The second kappa shape index (κ2) is 5.29. The van der Waals surface area contributed by atoms with Gasteiger partial charge >= 0.3 is 0 Å². The van der Waals surface area contributed by atoms with Crippen LogP contribution in [0, 0.1) is 0 Å². The van der Waals surface area contributed by atoms with E-state index in [0.717, 1.165) is 25.8 Å². The first-order valence-corrected chi connectivity index (χ1v) is 6.42. The fourth-order valence-corrected chi connectivity index (χ4v) is 2.63. The number of likely N-dealkylation sites (tertiary alicyclic amines) is 1. The summed E-state index contributed by atoms with van der Waals surface area (Å²) in [7, 11) is 1.55. The Morgan fingerprint density at radius 3 is 3.00 bits per heavy atom. The van der Waals surface area contributed by atoms with E-state index in [9.17, 15) is 4.79 Å². The van der Waals surface area contributed by atoms with Gasteiger partial charge in [-0.25, -0.2) is 0 Å². The lowest BCUT2D eigenvalue weighted by Gasteiger charge is -2.24. The lowest BCUT2D eigenvalue weighted by Crippen LogP contribution is -2.35. The van der Waals surface area contributed by atoms with Crippen LogP contribution >= 0.6 is 0 Å². The van der Waals surface area contributed by atoms with E-state index in [1.165, 1.54) is 0 Å². The lowest BCUT2D eigenvalue weighted by molar-refractivity contribution is 0.0730. The molecule has 1 aliphatic heterocycles. The van der Waals surface area contributed by atoms with Crippen LogP contribution in [0.1, 0.15) is 36.5 Å². The summed E-state index contributed by atoms with van der Waals surface area (Å²) in [6, 6.07) is 5.67. The summed E-state index contributed by atoms with van der Waals surface area (Å²) in [6.07, 6.45) is 3.16. The van der Waals surface area contributed by atoms with Crippen molar-refractivity contribution >= 4 is 11.6 Å². The van der Waals surface area contributed by atoms with Crippen molar-refractivity contribution < 1.29 is 9.53 Å². The van der Waals surface area contributed by atoms with Crippen LogP contribution < -0.4 is 10.5 Å². The fraction of sp³-hybridized carbons (Fsp3) is 0.500. The van der Waals surface area contributed by atoms with Crippen LogP contribution in [-0.4, -0.2) is 30.5 Å². The molecule has 0 radical (unpaired) electrons. The number of nitrogens with zero attached hydrogens (tertiary/aromatic N) is 1. The lowest BCUT2D eigenvalue weighted by atomic mass is 10.1. The summed E-state index contributed by atoms with van der Waals surface area (Å²) < 4.78 is 5.25. The van der Waals surface area contributed by atoms with Crippen LogP contribution in [0.25, 0.3) is 0 Å². The number of carbonyl (C=O) groups is 1. The molecule has 0 saturated carbocycles. The molecule has 1 heterocycles. The number of methoxy groups -OCH3 is 1. The minimum absolute atomic E-state index is 0.0310. The molecule has 1 aliphatic rings. The molecule has 18 heavy (non-hydrogen) atoms. The minimum Gasteiger partial charge on any atom is -0.494 e. The van der Waals surface area contributed by atoms with E-state index >= 15 is 0 Å². The van der Waals surface area contributed by atoms with E-state index in [1.54, 1.807) is 25.3 Å².